The number of hydrogen-bond acceptors (Lipinski definition) is 3. The van der Waals surface area contributed by atoms with E-state index in [1.54, 1.807) is 0 Å². The van der Waals surface area contributed by atoms with E-state index >= 15 is 0 Å². The highest BCUT2D eigenvalue weighted by atomic mass is 127. The fourth-order valence-electron chi connectivity index (χ4n) is 2.92. The number of anilines is 1. The Labute approximate surface area is 162 Å². The number of aliphatic imine (C=N–C) groups is 1. The van der Waals surface area contributed by atoms with Crippen molar-refractivity contribution in [1.82, 2.24) is 10.6 Å². The molecule has 0 amide bonds. The number of ether oxygens (including phenoxy) is 1. The molecule has 2 fully saturated rings. The summed E-state index contributed by atoms with van der Waals surface area (Å²) >= 11 is 0. The molecule has 1 heterocycles. The van der Waals surface area contributed by atoms with Gasteiger partial charge in [0.15, 0.2) is 5.96 Å². The van der Waals surface area contributed by atoms with Gasteiger partial charge in [0.25, 0.3) is 0 Å². The molecule has 1 saturated heterocycles. The summed E-state index contributed by atoms with van der Waals surface area (Å²) in [6.45, 7) is 4.58. The van der Waals surface area contributed by atoms with Crippen LogP contribution >= 0.6 is 24.0 Å². The lowest BCUT2D eigenvalue weighted by atomic mass is 10.3. The fourth-order valence-corrected chi connectivity index (χ4v) is 2.92. The number of nitrogens with one attached hydrogen (secondary N) is 2. The zero-order valence-corrected chi connectivity index (χ0v) is 16.7. The van der Waals surface area contributed by atoms with Crippen molar-refractivity contribution in [3.05, 3.63) is 30.3 Å². The number of para-hydroxylation sites is 1. The Morgan fingerprint density at radius 1 is 1.25 bits per heavy atom. The molecule has 2 aliphatic rings. The lowest BCUT2D eigenvalue weighted by Crippen LogP contribution is -2.45. The normalized spacial score (nSPS) is 20.6. The maximum atomic E-state index is 5.64. The first-order chi connectivity index (χ1) is 11.3. The maximum Gasteiger partial charge on any atom is 0.191 e. The number of guanidine groups is 1. The molecule has 1 aliphatic heterocycles. The molecular formula is C18H29IN4O. The van der Waals surface area contributed by atoms with Crippen molar-refractivity contribution in [3.8, 4) is 0 Å². The Balaban J connectivity index is 0.00000208. The second kappa shape index (κ2) is 10.1. The highest BCUT2D eigenvalue weighted by Gasteiger charge is 2.23. The van der Waals surface area contributed by atoms with Crippen molar-refractivity contribution < 1.29 is 4.74 Å². The molecule has 1 aromatic carbocycles. The maximum absolute atomic E-state index is 5.64. The molecule has 1 saturated carbocycles. The zero-order valence-electron chi connectivity index (χ0n) is 14.4. The molecule has 1 aliphatic carbocycles. The van der Waals surface area contributed by atoms with Crippen LogP contribution < -0.4 is 15.5 Å². The minimum absolute atomic E-state index is 0. The average molecular weight is 444 g/mol. The molecule has 3 rings (SSSR count). The molecule has 1 aromatic rings. The number of benzene rings is 1. The van der Waals surface area contributed by atoms with Crippen LogP contribution in [0.15, 0.2) is 35.3 Å². The van der Waals surface area contributed by atoms with Crippen LogP contribution in [0.5, 0.6) is 0 Å². The van der Waals surface area contributed by atoms with Crippen molar-refractivity contribution in [2.24, 2.45) is 10.9 Å². The van der Waals surface area contributed by atoms with E-state index in [4.69, 9.17) is 4.74 Å². The predicted molar refractivity (Wildman–Crippen MR) is 111 cm³/mol. The minimum Gasteiger partial charge on any atom is -0.379 e. The Bertz CT molecular complexity index is 507. The van der Waals surface area contributed by atoms with Gasteiger partial charge in [0.2, 0.25) is 0 Å². The van der Waals surface area contributed by atoms with E-state index in [0.29, 0.717) is 6.04 Å². The average Bonchev–Trinajstić information content (AvgIpc) is 3.30. The second-order valence-corrected chi connectivity index (χ2v) is 6.43. The van der Waals surface area contributed by atoms with Crippen LogP contribution in [0, 0.1) is 5.92 Å². The number of nitrogens with zero attached hydrogens (tertiary/aromatic N) is 2. The van der Waals surface area contributed by atoms with Crippen LogP contribution in [0.25, 0.3) is 0 Å². The van der Waals surface area contributed by atoms with Gasteiger partial charge < -0.3 is 20.3 Å². The molecule has 0 spiro atoms. The summed E-state index contributed by atoms with van der Waals surface area (Å²) < 4.78 is 5.64. The lowest BCUT2D eigenvalue weighted by Gasteiger charge is -2.20. The van der Waals surface area contributed by atoms with Crippen molar-refractivity contribution >= 4 is 35.6 Å². The standard InChI is InChI=1S/C18H28N4O.HI/c1-19-18(20-10-12-23-14-15-7-8-15)21-16-9-11-22(13-16)17-5-3-2-4-6-17;/h2-6,15-16H,7-14H2,1H3,(H2,19,20,21);1H. The molecule has 0 bridgehead atoms. The van der Waals surface area contributed by atoms with Crippen LogP contribution in [0.4, 0.5) is 5.69 Å². The molecule has 5 nitrogen and oxygen atoms in total. The van der Waals surface area contributed by atoms with E-state index in [9.17, 15) is 0 Å². The van der Waals surface area contributed by atoms with E-state index in [1.165, 1.54) is 18.5 Å². The molecule has 134 valence electrons. The first kappa shape index (κ1) is 19.3. The highest BCUT2D eigenvalue weighted by Crippen LogP contribution is 2.28. The van der Waals surface area contributed by atoms with Crippen LogP contribution in [-0.4, -0.2) is 51.9 Å². The minimum atomic E-state index is 0. The summed E-state index contributed by atoms with van der Waals surface area (Å²) in [6, 6.07) is 11.0. The summed E-state index contributed by atoms with van der Waals surface area (Å²) in [6.07, 6.45) is 3.82. The second-order valence-electron chi connectivity index (χ2n) is 6.43. The summed E-state index contributed by atoms with van der Waals surface area (Å²) in [4.78, 5) is 6.74. The van der Waals surface area contributed by atoms with Gasteiger partial charge in [-0.2, -0.15) is 0 Å². The van der Waals surface area contributed by atoms with Crippen molar-refractivity contribution in [2.75, 3.05) is 44.8 Å². The lowest BCUT2D eigenvalue weighted by molar-refractivity contribution is 0.129. The number of halogens is 1. The van der Waals surface area contributed by atoms with E-state index < -0.39 is 0 Å². The SMILES string of the molecule is CN=C(NCCOCC1CC1)NC1CCN(c2ccccc2)C1.I. The third-order valence-corrected chi connectivity index (χ3v) is 4.46. The van der Waals surface area contributed by atoms with Gasteiger partial charge in [0.1, 0.15) is 0 Å². The summed E-state index contributed by atoms with van der Waals surface area (Å²) in [5.41, 5.74) is 1.30. The Hall–Kier alpha value is -1.02. The van der Waals surface area contributed by atoms with Gasteiger partial charge in [-0.3, -0.25) is 4.99 Å². The summed E-state index contributed by atoms with van der Waals surface area (Å²) in [5, 5.41) is 6.86. The first-order valence-electron chi connectivity index (χ1n) is 8.70. The molecule has 2 N–H and O–H groups in total. The van der Waals surface area contributed by atoms with Crippen molar-refractivity contribution in [2.45, 2.75) is 25.3 Å². The fraction of sp³-hybridized carbons (Fsp3) is 0.611. The largest absolute Gasteiger partial charge is 0.379 e. The first-order valence-corrected chi connectivity index (χ1v) is 8.70. The summed E-state index contributed by atoms with van der Waals surface area (Å²) in [7, 11) is 1.82. The Kier molecular flexibility index (Phi) is 8.11. The van der Waals surface area contributed by atoms with Crippen LogP contribution in [0.1, 0.15) is 19.3 Å². The molecule has 0 radical (unpaired) electrons. The third kappa shape index (κ3) is 6.12. The number of rotatable bonds is 7. The molecular weight excluding hydrogens is 415 g/mol. The highest BCUT2D eigenvalue weighted by molar-refractivity contribution is 14.0. The number of hydrogen-bond donors (Lipinski definition) is 2. The zero-order chi connectivity index (χ0) is 15.9. The van der Waals surface area contributed by atoms with Gasteiger partial charge >= 0.3 is 0 Å². The quantitative estimate of drug-likeness (QED) is 0.294. The smallest absolute Gasteiger partial charge is 0.191 e. The Morgan fingerprint density at radius 3 is 2.75 bits per heavy atom. The van der Waals surface area contributed by atoms with Crippen LogP contribution in [0.2, 0.25) is 0 Å². The van der Waals surface area contributed by atoms with Crippen LogP contribution in [0.3, 0.4) is 0 Å². The summed E-state index contributed by atoms with van der Waals surface area (Å²) in [5.74, 6) is 1.70. The van der Waals surface area contributed by atoms with Crippen molar-refractivity contribution in [3.63, 3.8) is 0 Å². The van der Waals surface area contributed by atoms with Gasteiger partial charge in [0.05, 0.1) is 6.61 Å². The monoisotopic (exact) mass is 444 g/mol. The van der Waals surface area contributed by atoms with E-state index in [0.717, 1.165) is 51.1 Å². The predicted octanol–water partition coefficient (Wildman–Crippen LogP) is 2.47. The topological polar surface area (TPSA) is 48.9 Å². The van der Waals surface area contributed by atoms with E-state index in [-0.39, 0.29) is 24.0 Å². The van der Waals surface area contributed by atoms with E-state index in [2.05, 4.69) is 50.9 Å². The van der Waals surface area contributed by atoms with Crippen LogP contribution in [-0.2, 0) is 4.74 Å². The van der Waals surface area contributed by atoms with Gasteiger partial charge in [-0.1, -0.05) is 18.2 Å². The van der Waals surface area contributed by atoms with Gasteiger partial charge in [-0.05, 0) is 37.3 Å². The van der Waals surface area contributed by atoms with Gasteiger partial charge in [-0.25, -0.2) is 0 Å². The molecule has 24 heavy (non-hydrogen) atoms. The molecule has 1 atom stereocenters. The Morgan fingerprint density at radius 2 is 2.04 bits per heavy atom. The third-order valence-electron chi connectivity index (χ3n) is 4.46. The molecule has 6 heteroatoms. The van der Waals surface area contributed by atoms with Gasteiger partial charge in [-0.15, -0.1) is 24.0 Å². The van der Waals surface area contributed by atoms with Gasteiger partial charge in [0, 0.05) is 45.0 Å². The van der Waals surface area contributed by atoms with E-state index in [1.807, 2.05) is 7.05 Å². The molecule has 0 aromatic heterocycles. The molecule has 1 unspecified atom stereocenters. The van der Waals surface area contributed by atoms with Crippen molar-refractivity contribution in [1.29, 1.82) is 0 Å².